The average molecular weight is 327 g/mol. The second kappa shape index (κ2) is 8.72. The maximum absolute atomic E-state index is 12.1. The first-order valence-electron chi connectivity index (χ1n) is 7.85. The molecule has 0 saturated carbocycles. The van der Waals surface area contributed by atoms with E-state index in [1.165, 1.54) is 5.56 Å². The highest BCUT2D eigenvalue weighted by molar-refractivity contribution is 5.78. The highest BCUT2D eigenvalue weighted by Crippen LogP contribution is 2.13. The third-order valence-electron chi connectivity index (χ3n) is 3.51. The molecule has 0 spiro atoms. The van der Waals surface area contributed by atoms with Gasteiger partial charge in [0, 0.05) is 6.54 Å². The number of amides is 1. The molecular weight excluding hydrogens is 306 g/mol. The number of ether oxygens (including phenoxy) is 1. The highest BCUT2D eigenvalue weighted by atomic mass is 16.5. The number of rotatable bonds is 8. The summed E-state index contributed by atoms with van der Waals surface area (Å²) in [5.74, 6) is -0.608. The van der Waals surface area contributed by atoms with Gasteiger partial charge in [0.25, 0.3) is 0 Å². The van der Waals surface area contributed by atoms with Gasteiger partial charge in [0.2, 0.25) is 5.91 Å². The minimum Gasteiger partial charge on any atom is -0.482 e. The van der Waals surface area contributed by atoms with Crippen molar-refractivity contribution in [3.05, 3.63) is 65.2 Å². The van der Waals surface area contributed by atoms with Crippen LogP contribution in [0, 0.1) is 0 Å². The molecule has 2 N–H and O–H groups in total. The molecule has 0 radical (unpaired) electrons. The van der Waals surface area contributed by atoms with Gasteiger partial charge in [0.05, 0.1) is 6.42 Å². The number of aliphatic carboxylic acids is 1. The number of carboxylic acids is 1. The molecule has 0 aliphatic rings. The van der Waals surface area contributed by atoms with Gasteiger partial charge in [0.15, 0.2) is 6.61 Å². The van der Waals surface area contributed by atoms with E-state index < -0.39 is 5.97 Å². The van der Waals surface area contributed by atoms with Crippen LogP contribution in [0.15, 0.2) is 48.5 Å². The van der Waals surface area contributed by atoms with E-state index in [1.807, 2.05) is 30.3 Å². The van der Waals surface area contributed by atoms with Gasteiger partial charge >= 0.3 is 5.97 Å². The lowest BCUT2D eigenvalue weighted by atomic mass is 10.1. The summed E-state index contributed by atoms with van der Waals surface area (Å²) in [5, 5.41) is 11.5. The molecule has 2 rings (SSSR count). The largest absolute Gasteiger partial charge is 0.482 e. The first-order valence-corrected chi connectivity index (χ1v) is 7.85. The van der Waals surface area contributed by atoms with Crippen LogP contribution in [0.25, 0.3) is 0 Å². The van der Waals surface area contributed by atoms with Gasteiger partial charge in [-0.1, -0.05) is 43.3 Å². The molecular formula is C19H21NO4. The molecule has 126 valence electrons. The zero-order chi connectivity index (χ0) is 17.4. The minimum atomic E-state index is -1.02. The Morgan fingerprint density at radius 2 is 1.75 bits per heavy atom. The third-order valence-corrected chi connectivity index (χ3v) is 3.51. The van der Waals surface area contributed by atoms with Crippen LogP contribution in [0.4, 0.5) is 0 Å². The first kappa shape index (κ1) is 17.5. The van der Waals surface area contributed by atoms with Crippen molar-refractivity contribution in [2.45, 2.75) is 26.3 Å². The lowest BCUT2D eigenvalue weighted by Crippen LogP contribution is -2.24. The summed E-state index contributed by atoms with van der Waals surface area (Å²) in [4.78, 5) is 22.6. The number of carbonyl (C=O) groups is 2. The highest BCUT2D eigenvalue weighted by Gasteiger charge is 2.05. The van der Waals surface area contributed by atoms with Crippen LogP contribution in [0.5, 0.6) is 5.75 Å². The Bertz CT molecular complexity index is 712. The summed E-state index contributed by atoms with van der Waals surface area (Å²) in [6.45, 7) is 2.07. The molecule has 1 amide bonds. The molecule has 2 aromatic carbocycles. The Morgan fingerprint density at radius 3 is 2.50 bits per heavy atom. The molecule has 0 saturated heterocycles. The fraction of sp³-hybridized carbons (Fsp3) is 0.263. The summed E-state index contributed by atoms with van der Waals surface area (Å²) < 4.78 is 5.12. The van der Waals surface area contributed by atoms with Crippen molar-refractivity contribution < 1.29 is 19.4 Å². The van der Waals surface area contributed by atoms with Crippen molar-refractivity contribution in [2.24, 2.45) is 0 Å². The van der Waals surface area contributed by atoms with Crippen LogP contribution in [0.1, 0.15) is 23.6 Å². The summed E-state index contributed by atoms with van der Waals surface area (Å²) in [6, 6.07) is 15.0. The normalized spacial score (nSPS) is 10.2. The van der Waals surface area contributed by atoms with Crippen LogP contribution in [0.3, 0.4) is 0 Å². The topological polar surface area (TPSA) is 75.6 Å². The fourth-order valence-corrected chi connectivity index (χ4v) is 2.30. The summed E-state index contributed by atoms with van der Waals surface area (Å²) in [7, 11) is 0. The minimum absolute atomic E-state index is 0.0555. The second-order valence-corrected chi connectivity index (χ2v) is 5.46. The van der Waals surface area contributed by atoms with Gasteiger partial charge in [0.1, 0.15) is 5.75 Å². The van der Waals surface area contributed by atoms with Gasteiger partial charge in [-0.3, -0.25) is 4.79 Å². The van der Waals surface area contributed by atoms with Crippen molar-refractivity contribution in [2.75, 3.05) is 6.61 Å². The Labute approximate surface area is 141 Å². The second-order valence-electron chi connectivity index (χ2n) is 5.46. The zero-order valence-electron chi connectivity index (χ0n) is 13.6. The maximum atomic E-state index is 12.1. The third kappa shape index (κ3) is 5.76. The molecule has 0 aliphatic carbocycles. The van der Waals surface area contributed by atoms with Gasteiger partial charge in [-0.2, -0.15) is 0 Å². The van der Waals surface area contributed by atoms with Gasteiger partial charge in [-0.05, 0) is 35.2 Å². The van der Waals surface area contributed by atoms with Gasteiger partial charge in [-0.15, -0.1) is 0 Å². The quantitative estimate of drug-likeness (QED) is 0.781. The molecule has 5 nitrogen and oxygen atoms in total. The molecule has 0 aromatic heterocycles. The Balaban J connectivity index is 1.87. The number of carboxylic acid groups (broad SMARTS) is 1. The fourth-order valence-electron chi connectivity index (χ4n) is 2.30. The van der Waals surface area contributed by atoms with E-state index in [4.69, 9.17) is 9.84 Å². The van der Waals surface area contributed by atoms with Crippen LogP contribution < -0.4 is 10.1 Å². The smallest absolute Gasteiger partial charge is 0.341 e. The van der Waals surface area contributed by atoms with E-state index in [9.17, 15) is 9.59 Å². The van der Waals surface area contributed by atoms with E-state index in [-0.39, 0.29) is 12.5 Å². The number of hydrogen-bond acceptors (Lipinski definition) is 3. The molecule has 0 aliphatic heterocycles. The number of carbonyl (C=O) groups excluding carboxylic acids is 1. The first-order chi connectivity index (χ1) is 11.6. The summed E-state index contributed by atoms with van der Waals surface area (Å²) in [6.07, 6.45) is 1.28. The Morgan fingerprint density at radius 1 is 1.04 bits per heavy atom. The number of aryl methyl sites for hydroxylation is 1. The predicted molar refractivity (Wildman–Crippen MR) is 90.9 cm³/mol. The SMILES string of the molecule is CCc1cccc(CC(=O)NCc2cccc(OCC(=O)O)c2)c1. The van der Waals surface area contributed by atoms with Gasteiger partial charge < -0.3 is 15.2 Å². The monoisotopic (exact) mass is 327 g/mol. The van der Waals surface area contributed by atoms with E-state index in [2.05, 4.69) is 12.2 Å². The molecule has 2 aromatic rings. The van der Waals surface area contributed by atoms with E-state index >= 15 is 0 Å². The van der Waals surface area contributed by atoms with Crippen molar-refractivity contribution in [1.29, 1.82) is 0 Å². The Hall–Kier alpha value is -2.82. The van der Waals surface area contributed by atoms with Crippen molar-refractivity contribution >= 4 is 11.9 Å². The van der Waals surface area contributed by atoms with Crippen LogP contribution in [-0.2, 0) is 29.0 Å². The molecule has 5 heteroatoms. The lowest BCUT2D eigenvalue weighted by Gasteiger charge is -2.08. The van der Waals surface area contributed by atoms with Crippen LogP contribution in [-0.4, -0.2) is 23.6 Å². The number of benzene rings is 2. The summed E-state index contributed by atoms with van der Waals surface area (Å²) >= 11 is 0. The Kier molecular flexibility index (Phi) is 6.37. The average Bonchev–Trinajstić information content (AvgIpc) is 2.59. The molecule has 0 bridgehead atoms. The van der Waals surface area contributed by atoms with E-state index in [0.717, 1.165) is 17.5 Å². The molecule has 0 heterocycles. The number of hydrogen-bond donors (Lipinski definition) is 2. The predicted octanol–water partition coefficient (Wildman–Crippen LogP) is 2.57. The van der Waals surface area contributed by atoms with Gasteiger partial charge in [-0.25, -0.2) is 4.79 Å². The van der Waals surface area contributed by atoms with Crippen LogP contribution in [0.2, 0.25) is 0 Å². The molecule has 0 unspecified atom stereocenters. The summed E-state index contributed by atoms with van der Waals surface area (Å²) in [5.41, 5.74) is 3.06. The van der Waals surface area contributed by atoms with E-state index in [0.29, 0.717) is 18.7 Å². The lowest BCUT2D eigenvalue weighted by molar-refractivity contribution is -0.139. The van der Waals surface area contributed by atoms with E-state index in [1.54, 1.807) is 18.2 Å². The molecule has 0 atom stereocenters. The van der Waals surface area contributed by atoms with Crippen LogP contribution >= 0.6 is 0 Å². The molecule has 24 heavy (non-hydrogen) atoms. The number of nitrogens with one attached hydrogen (secondary N) is 1. The standard InChI is InChI=1S/C19H21NO4/c1-2-14-5-3-6-15(9-14)11-18(21)20-12-16-7-4-8-17(10-16)24-13-19(22)23/h3-10H,2,11-13H2,1H3,(H,20,21)(H,22,23). The van der Waals surface area contributed by atoms with Crippen molar-refractivity contribution in [1.82, 2.24) is 5.32 Å². The zero-order valence-corrected chi connectivity index (χ0v) is 13.6. The maximum Gasteiger partial charge on any atom is 0.341 e. The van der Waals surface area contributed by atoms with Crippen molar-refractivity contribution in [3.63, 3.8) is 0 Å². The molecule has 0 fully saturated rings. The van der Waals surface area contributed by atoms with Crippen molar-refractivity contribution in [3.8, 4) is 5.75 Å².